The van der Waals surface area contributed by atoms with E-state index in [-0.39, 0.29) is 11.3 Å². The van der Waals surface area contributed by atoms with Crippen LogP contribution in [0.2, 0.25) is 0 Å². The van der Waals surface area contributed by atoms with Gasteiger partial charge in [0.05, 0.1) is 13.2 Å². The molecule has 1 amide bonds. The van der Waals surface area contributed by atoms with Gasteiger partial charge in [0.2, 0.25) is 5.91 Å². The molecule has 2 bridgehead atoms. The highest BCUT2D eigenvalue weighted by molar-refractivity contribution is 5.76. The van der Waals surface area contributed by atoms with Gasteiger partial charge in [-0.05, 0) is 36.0 Å². The monoisotopic (exact) mass is 294 g/mol. The molecule has 1 saturated heterocycles. The molecule has 21 heavy (non-hydrogen) atoms. The summed E-state index contributed by atoms with van der Waals surface area (Å²) in [6.45, 7) is 11.6. The van der Waals surface area contributed by atoms with E-state index in [1.54, 1.807) is 0 Å². The summed E-state index contributed by atoms with van der Waals surface area (Å²) in [7, 11) is 0. The fourth-order valence-electron chi connectivity index (χ4n) is 4.77. The molecule has 3 rings (SSSR count). The summed E-state index contributed by atoms with van der Waals surface area (Å²) in [6, 6.07) is 0.378. The van der Waals surface area contributed by atoms with E-state index < -0.39 is 0 Å². The van der Waals surface area contributed by atoms with Crippen molar-refractivity contribution in [2.75, 3.05) is 32.8 Å². The average molecular weight is 294 g/mol. The van der Waals surface area contributed by atoms with Gasteiger partial charge >= 0.3 is 0 Å². The van der Waals surface area contributed by atoms with Gasteiger partial charge in [-0.3, -0.25) is 9.69 Å². The van der Waals surface area contributed by atoms with Crippen molar-refractivity contribution in [1.29, 1.82) is 0 Å². The quantitative estimate of drug-likeness (QED) is 0.863. The Kier molecular flexibility index (Phi) is 4.04. The lowest BCUT2D eigenvalue weighted by Crippen LogP contribution is -2.47. The number of rotatable bonds is 4. The molecule has 0 unspecified atom stereocenters. The number of nitrogens with one attached hydrogen (secondary N) is 1. The van der Waals surface area contributed by atoms with Crippen molar-refractivity contribution in [3.05, 3.63) is 0 Å². The van der Waals surface area contributed by atoms with E-state index in [0.29, 0.717) is 17.9 Å². The summed E-state index contributed by atoms with van der Waals surface area (Å²) < 4.78 is 5.34. The number of hydrogen-bond donors (Lipinski definition) is 1. The molecule has 0 aromatic rings. The zero-order chi connectivity index (χ0) is 15.1. The van der Waals surface area contributed by atoms with Gasteiger partial charge in [0.1, 0.15) is 0 Å². The van der Waals surface area contributed by atoms with Crippen LogP contribution in [0.3, 0.4) is 0 Å². The van der Waals surface area contributed by atoms with Crippen molar-refractivity contribution in [2.24, 2.45) is 16.7 Å². The minimum Gasteiger partial charge on any atom is -0.379 e. The summed E-state index contributed by atoms with van der Waals surface area (Å²) in [4.78, 5) is 14.6. The number of morpholine rings is 1. The Bertz CT molecular complexity index is 404. The summed E-state index contributed by atoms with van der Waals surface area (Å²) in [5.74, 6) is 1.02. The standard InChI is InChI=1S/C17H30N2O2/c1-16(2)13-4-6-17(16,3)14(12-13)18-15(20)5-7-19-8-10-21-11-9-19/h13-14H,4-12H2,1-3H3,(H,18,20)/t13-,14+,17+/m0/s1. The second-order valence-corrected chi connectivity index (χ2v) is 7.93. The smallest absolute Gasteiger partial charge is 0.221 e. The van der Waals surface area contributed by atoms with E-state index in [0.717, 1.165) is 38.8 Å². The molecule has 1 N–H and O–H groups in total. The van der Waals surface area contributed by atoms with Gasteiger partial charge in [-0.15, -0.1) is 0 Å². The fraction of sp³-hybridized carbons (Fsp3) is 0.941. The van der Waals surface area contributed by atoms with Gasteiger partial charge in [0.25, 0.3) is 0 Å². The van der Waals surface area contributed by atoms with Gasteiger partial charge in [-0.2, -0.15) is 0 Å². The Balaban J connectivity index is 1.49. The van der Waals surface area contributed by atoms with Crippen LogP contribution in [0.25, 0.3) is 0 Å². The molecular formula is C17H30N2O2. The summed E-state index contributed by atoms with van der Waals surface area (Å²) in [6.07, 6.45) is 4.40. The molecule has 0 aromatic carbocycles. The van der Waals surface area contributed by atoms with E-state index in [2.05, 4.69) is 31.0 Å². The first-order valence-electron chi connectivity index (χ1n) is 8.53. The van der Waals surface area contributed by atoms with Crippen LogP contribution < -0.4 is 5.32 Å². The maximum atomic E-state index is 12.3. The van der Waals surface area contributed by atoms with Crippen LogP contribution in [0, 0.1) is 16.7 Å². The number of carbonyl (C=O) groups excluding carboxylic acids is 1. The predicted octanol–water partition coefficient (Wildman–Crippen LogP) is 2.04. The van der Waals surface area contributed by atoms with Crippen molar-refractivity contribution in [2.45, 2.75) is 52.5 Å². The third-order valence-electron chi connectivity index (χ3n) is 6.89. The molecule has 120 valence electrons. The Labute approximate surface area is 128 Å². The van der Waals surface area contributed by atoms with Crippen LogP contribution in [0.1, 0.15) is 46.5 Å². The average Bonchev–Trinajstić information content (AvgIpc) is 2.79. The third-order valence-corrected chi connectivity index (χ3v) is 6.89. The third kappa shape index (κ3) is 2.61. The lowest BCUT2D eigenvalue weighted by atomic mass is 9.69. The molecule has 0 aromatic heterocycles. The highest BCUT2D eigenvalue weighted by atomic mass is 16.5. The molecule has 1 heterocycles. The van der Waals surface area contributed by atoms with E-state index in [1.165, 1.54) is 19.3 Å². The molecule has 0 radical (unpaired) electrons. The predicted molar refractivity (Wildman–Crippen MR) is 83.0 cm³/mol. The SMILES string of the molecule is CC1(C)[C@H]2CC[C@]1(C)[C@H](NC(=O)CCN1CCOCC1)C2. The lowest BCUT2D eigenvalue weighted by Gasteiger charge is -2.39. The van der Waals surface area contributed by atoms with Crippen LogP contribution >= 0.6 is 0 Å². The van der Waals surface area contributed by atoms with Crippen molar-refractivity contribution in [3.8, 4) is 0 Å². The number of ether oxygens (including phenoxy) is 1. The maximum absolute atomic E-state index is 12.3. The van der Waals surface area contributed by atoms with E-state index in [1.807, 2.05) is 0 Å². The van der Waals surface area contributed by atoms with Crippen LogP contribution in [-0.4, -0.2) is 49.7 Å². The van der Waals surface area contributed by atoms with Gasteiger partial charge in [-0.25, -0.2) is 0 Å². The summed E-state index contributed by atoms with van der Waals surface area (Å²) >= 11 is 0. The molecule has 3 fully saturated rings. The Morgan fingerprint density at radius 2 is 2.00 bits per heavy atom. The molecule has 0 spiro atoms. The van der Waals surface area contributed by atoms with Crippen LogP contribution in [0.15, 0.2) is 0 Å². The second-order valence-electron chi connectivity index (χ2n) is 7.93. The number of hydrogen-bond acceptors (Lipinski definition) is 3. The highest BCUT2D eigenvalue weighted by Gasteiger charge is 2.61. The van der Waals surface area contributed by atoms with Gasteiger partial charge < -0.3 is 10.1 Å². The van der Waals surface area contributed by atoms with Crippen molar-refractivity contribution in [1.82, 2.24) is 10.2 Å². The Hall–Kier alpha value is -0.610. The van der Waals surface area contributed by atoms with Crippen molar-refractivity contribution in [3.63, 3.8) is 0 Å². The molecule has 4 nitrogen and oxygen atoms in total. The zero-order valence-electron chi connectivity index (χ0n) is 13.8. The van der Waals surface area contributed by atoms with Crippen LogP contribution in [0.5, 0.6) is 0 Å². The molecule has 3 atom stereocenters. The Morgan fingerprint density at radius 3 is 2.57 bits per heavy atom. The topological polar surface area (TPSA) is 41.6 Å². The summed E-state index contributed by atoms with van der Waals surface area (Å²) in [5, 5.41) is 3.35. The molecule has 4 heteroatoms. The molecule has 1 aliphatic heterocycles. The first kappa shape index (κ1) is 15.3. The molecule has 2 aliphatic carbocycles. The minimum absolute atomic E-state index is 0.232. The second kappa shape index (κ2) is 5.54. The van der Waals surface area contributed by atoms with Gasteiger partial charge in [0.15, 0.2) is 0 Å². The Morgan fingerprint density at radius 1 is 1.29 bits per heavy atom. The highest BCUT2D eigenvalue weighted by Crippen LogP contribution is 2.65. The maximum Gasteiger partial charge on any atom is 0.221 e. The molecule has 3 aliphatic rings. The number of carbonyl (C=O) groups is 1. The normalized spacial score (nSPS) is 38.6. The van der Waals surface area contributed by atoms with Crippen molar-refractivity contribution < 1.29 is 9.53 Å². The van der Waals surface area contributed by atoms with E-state index >= 15 is 0 Å². The van der Waals surface area contributed by atoms with Crippen molar-refractivity contribution >= 4 is 5.91 Å². The van der Waals surface area contributed by atoms with E-state index in [9.17, 15) is 4.79 Å². The summed E-state index contributed by atoms with van der Waals surface area (Å²) in [5.41, 5.74) is 0.654. The fourth-order valence-corrected chi connectivity index (χ4v) is 4.77. The van der Waals surface area contributed by atoms with Crippen LogP contribution in [0.4, 0.5) is 0 Å². The molecule has 2 saturated carbocycles. The van der Waals surface area contributed by atoms with E-state index in [4.69, 9.17) is 4.74 Å². The minimum atomic E-state index is 0.232. The van der Waals surface area contributed by atoms with Crippen LogP contribution in [-0.2, 0) is 9.53 Å². The first-order chi connectivity index (χ1) is 9.93. The number of fused-ring (bicyclic) bond motifs is 2. The molecular weight excluding hydrogens is 264 g/mol. The number of nitrogens with zero attached hydrogens (tertiary/aromatic N) is 1. The lowest BCUT2D eigenvalue weighted by molar-refractivity contribution is -0.123. The first-order valence-corrected chi connectivity index (χ1v) is 8.53. The zero-order valence-corrected chi connectivity index (χ0v) is 13.8. The largest absolute Gasteiger partial charge is 0.379 e. The number of amides is 1. The van der Waals surface area contributed by atoms with Gasteiger partial charge in [-0.1, -0.05) is 20.8 Å². The van der Waals surface area contributed by atoms with Gasteiger partial charge in [0, 0.05) is 32.1 Å².